The minimum absolute atomic E-state index is 0.114. The molecule has 184 valence electrons. The molecule has 5 rings (SSSR count). The third-order valence-electron chi connectivity index (χ3n) is 6.02. The Morgan fingerprint density at radius 2 is 1.86 bits per heavy atom. The summed E-state index contributed by atoms with van der Waals surface area (Å²) in [6, 6.07) is 10.7. The third-order valence-corrected chi connectivity index (χ3v) is 9.59. The highest BCUT2D eigenvalue weighted by Crippen LogP contribution is 2.40. The molecular formula is C24H24ClN3O5S2. The fourth-order valence-electron chi connectivity index (χ4n) is 4.25. The average Bonchev–Trinajstić information content (AvgIpc) is 3.56. The van der Waals surface area contributed by atoms with E-state index in [4.69, 9.17) is 25.8 Å². The molecule has 3 aromatic heterocycles. The first-order valence-electron chi connectivity index (χ1n) is 11.0. The second kappa shape index (κ2) is 9.69. The van der Waals surface area contributed by atoms with E-state index < -0.39 is 10.0 Å². The number of thiophene rings is 1. The zero-order chi connectivity index (χ0) is 24.6. The molecular weight excluding hydrogens is 510 g/mol. The SMILES string of the molecule is COc1cc(OC)c(-c2cc(OC3CCN(S(=O)(=O)c4cccs4)CC3)cc3nccn23)cc1Cl. The molecule has 4 heterocycles. The molecule has 1 saturated heterocycles. The highest BCUT2D eigenvalue weighted by Gasteiger charge is 2.31. The number of ether oxygens (including phenoxy) is 3. The van der Waals surface area contributed by atoms with Crippen molar-refractivity contribution in [1.29, 1.82) is 0 Å². The Bertz CT molecular complexity index is 1450. The van der Waals surface area contributed by atoms with E-state index in [9.17, 15) is 8.42 Å². The van der Waals surface area contributed by atoms with Crippen LogP contribution >= 0.6 is 22.9 Å². The topological polar surface area (TPSA) is 82.4 Å². The van der Waals surface area contributed by atoms with Crippen LogP contribution in [0.15, 0.2) is 58.4 Å². The molecule has 8 nitrogen and oxygen atoms in total. The lowest BCUT2D eigenvalue weighted by molar-refractivity contribution is 0.135. The van der Waals surface area contributed by atoms with Crippen LogP contribution < -0.4 is 14.2 Å². The zero-order valence-electron chi connectivity index (χ0n) is 19.2. The minimum atomic E-state index is -3.45. The number of pyridine rings is 1. The van der Waals surface area contributed by atoms with E-state index in [-0.39, 0.29) is 6.10 Å². The number of imidazole rings is 1. The molecule has 11 heteroatoms. The van der Waals surface area contributed by atoms with Crippen molar-refractivity contribution in [2.45, 2.75) is 23.2 Å². The van der Waals surface area contributed by atoms with E-state index in [1.54, 1.807) is 50.1 Å². The Morgan fingerprint density at radius 1 is 1.09 bits per heavy atom. The van der Waals surface area contributed by atoms with Crippen molar-refractivity contribution in [3.8, 4) is 28.5 Å². The number of methoxy groups -OCH3 is 2. The second-order valence-electron chi connectivity index (χ2n) is 8.07. The fourth-order valence-corrected chi connectivity index (χ4v) is 7.11. The molecule has 0 unspecified atom stereocenters. The molecule has 0 aliphatic carbocycles. The molecule has 0 bridgehead atoms. The van der Waals surface area contributed by atoms with Gasteiger partial charge >= 0.3 is 0 Å². The quantitative estimate of drug-likeness (QED) is 0.334. The Labute approximate surface area is 212 Å². The van der Waals surface area contributed by atoms with Crippen LogP contribution in [0.4, 0.5) is 0 Å². The normalized spacial score (nSPS) is 15.4. The van der Waals surface area contributed by atoms with E-state index in [0.717, 1.165) is 11.3 Å². The molecule has 4 aromatic rings. The van der Waals surface area contributed by atoms with Gasteiger partial charge < -0.3 is 14.2 Å². The lowest BCUT2D eigenvalue weighted by atomic mass is 10.1. The summed E-state index contributed by atoms with van der Waals surface area (Å²) >= 11 is 7.66. The maximum Gasteiger partial charge on any atom is 0.252 e. The van der Waals surface area contributed by atoms with Gasteiger partial charge in [-0.1, -0.05) is 17.7 Å². The van der Waals surface area contributed by atoms with Crippen LogP contribution in [0.5, 0.6) is 17.2 Å². The van der Waals surface area contributed by atoms with E-state index in [0.29, 0.717) is 58.1 Å². The van der Waals surface area contributed by atoms with Crippen LogP contribution in [-0.4, -0.2) is 55.5 Å². The van der Waals surface area contributed by atoms with Crippen molar-refractivity contribution in [1.82, 2.24) is 13.7 Å². The van der Waals surface area contributed by atoms with Gasteiger partial charge in [0.1, 0.15) is 33.2 Å². The number of nitrogens with zero attached hydrogens (tertiary/aromatic N) is 3. The molecule has 0 spiro atoms. The standard InChI is InChI=1S/C24H24ClN3O5S2/c1-31-21-15-22(32-2)19(25)14-18(21)20-12-17(13-23-26-7-10-28(20)23)33-16-5-8-27(9-6-16)35(29,30)24-4-3-11-34-24/h3-4,7,10-16H,5-6,8-9H2,1-2H3. The highest BCUT2D eigenvalue weighted by atomic mass is 35.5. The van der Waals surface area contributed by atoms with Crippen LogP contribution in [0.1, 0.15) is 12.8 Å². The molecule has 0 N–H and O–H groups in total. The Balaban J connectivity index is 1.40. The average molecular weight is 534 g/mol. The van der Waals surface area contributed by atoms with Gasteiger partial charge in [0.15, 0.2) is 0 Å². The van der Waals surface area contributed by atoms with E-state index in [1.807, 2.05) is 22.7 Å². The third kappa shape index (κ3) is 4.58. The number of benzene rings is 1. The van der Waals surface area contributed by atoms with Gasteiger partial charge in [0.05, 0.1) is 24.9 Å². The summed E-state index contributed by atoms with van der Waals surface area (Å²) < 4.78 is 46.7. The number of sulfonamides is 1. The predicted octanol–water partition coefficient (Wildman–Crippen LogP) is 4.97. The Kier molecular flexibility index (Phi) is 6.63. The highest BCUT2D eigenvalue weighted by molar-refractivity contribution is 7.91. The van der Waals surface area contributed by atoms with Crippen molar-refractivity contribution in [3.63, 3.8) is 0 Å². The number of halogens is 1. The van der Waals surface area contributed by atoms with Crippen LogP contribution in [0.2, 0.25) is 5.02 Å². The molecule has 35 heavy (non-hydrogen) atoms. The number of piperidine rings is 1. The van der Waals surface area contributed by atoms with E-state index in [1.165, 1.54) is 15.6 Å². The Hall–Kier alpha value is -2.79. The molecule has 0 atom stereocenters. The maximum atomic E-state index is 12.8. The molecule has 1 fully saturated rings. The van der Waals surface area contributed by atoms with Gasteiger partial charge in [-0.3, -0.25) is 4.40 Å². The summed E-state index contributed by atoms with van der Waals surface area (Å²) in [5.41, 5.74) is 2.28. The molecule has 0 radical (unpaired) electrons. The molecule has 0 amide bonds. The second-order valence-corrected chi connectivity index (χ2v) is 11.6. The van der Waals surface area contributed by atoms with Gasteiger partial charge in [-0.15, -0.1) is 11.3 Å². The minimum Gasteiger partial charge on any atom is -0.496 e. The van der Waals surface area contributed by atoms with Crippen molar-refractivity contribution in [2.75, 3.05) is 27.3 Å². The van der Waals surface area contributed by atoms with E-state index in [2.05, 4.69) is 4.98 Å². The molecule has 0 saturated carbocycles. The van der Waals surface area contributed by atoms with Gasteiger partial charge in [0.25, 0.3) is 10.0 Å². The summed E-state index contributed by atoms with van der Waals surface area (Å²) in [6.45, 7) is 0.816. The van der Waals surface area contributed by atoms with Crippen molar-refractivity contribution >= 4 is 38.6 Å². The first-order chi connectivity index (χ1) is 16.9. The van der Waals surface area contributed by atoms with Crippen molar-refractivity contribution in [3.05, 3.63) is 59.2 Å². The van der Waals surface area contributed by atoms with Crippen LogP contribution in [0.3, 0.4) is 0 Å². The number of fused-ring (bicyclic) bond motifs is 1. The molecule has 1 aromatic carbocycles. The largest absolute Gasteiger partial charge is 0.496 e. The number of hydrogen-bond acceptors (Lipinski definition) is 7. The lowest BCUT2D eigenvalue weighted by Gasteiger charge is -2.31. The molecule has 1 aliphatic heterocycles. The van der Waals surface area contributed by atoms with Gasteiger partial charge in [-0.25, -0.2) is 13.4 Å². The predicted molar refractivity (Wildman–Crippen MR) is 135 cm³/mol. The van der Waals surface area contributed by atoms with Crippen LogP contribution in [0.25, 0.3) is 16.9 Å². The van der Waals surface area contributed by atoms with E-state index >= 15 is 0 Å². The first kappa shape index (κ1) is 23.9. The number of aromatic nitrogens is 2. The fraction of sp³-hybridized carbons (Fsp3) is 0.292. The summed E-state index contributed by atoms with van der Waals surface area (Å²) in [6.07, 6.45) is 4.65. The number of hydrogen-bond donors (Lipinski definition) is 0. The van der Waals surface area contributed by atoms with Gasteiger partial charge in [-0.2, -0.15) is 4.31 Å². The van der Waals surface area contributed by atoms with Gasteiger partial charge in [-0.05, 0) is 30.4 Å². The van der Waals surface area contributed by atoms with Crippen molar-refractivity contribution < 1.29 is 22.6 Å². The lowest BCUT2D eigenvalue weighted by Crippen LogP contribution is -2.41. The summed E-state index contributed by atoms with van der Waals surface area (Å²) in [7, 11) is -0.302. The van der Waals surface area contributed by atoms with Gasteiger partial charge in [0.2, 0.25) is 0 Å². The van der Waals surface area contributed by atoms with Crippen LogP contribution in [-0.2, 0) is 10.0 Å². The van der Waals surface area contributed by atoms with Crippen LogP contribution in [0, 0.1) is 0 Å². The number of rotatable bonds is 7. The Morgan fingerprint density at radius 3 is 2.54 bits per heavy atom. The molecule has 1 aliphatic rings. The summed E-state index contributed by atoms with van der Waals surface area (Å²) in [5.74, 6) is 1.77. The van der Waals surface area contributed by atoms with Crippen molar-refractivity contribution in [2.24, 2.45) is 0 Å². The monoisotopic (exact) mass is 533 g/mol. The van der Waals surface area contributed by atoms with Gasteiger partial charge in [0, 0.05) is 49.2 Å². The first-order valence-corrected chi connectivity index (χ1v) is 13.7. The zero-order valence-corrected chi connectivity index (χ0v) is 21.6. The summed E-state index contributed by atoms with van der Waals surface area (Å²) in [5, 5.41) is 2.24. The smallest absolute Gasteiger partial charge is 0.252 e. The summed E-state index contributed by atoms with van der Waals surface area (Å²) in [4.78, 5) is 4.44. The maximum absolute atomic E-state index is 12.8.